The van der Waals surface area contributed by atoms with Crippen LogP contribution in [0.3, 0.4) is 0 Å². The van der Waals surface area contributed by atoms with Crippen molar-refractivity contribution < 1.29 is 51.9 Å². The first kappa shape index (κ1) is 53.2. The van der Waals surface area contributed by atoms with Crippen LogP contribution < -0.4 is 0 Å². The topological polar surface area (TPSA) is 94.5 Å². The van der Waals surface area contributed by atoms with Crippen molar-refractivity contribution in [2.24, 2.45) is 0 Å². The van der Waals surface area contributed by atoms with Crippen molar-refractivity contribution in [3.8, 4) is 0 Å². The summed E-state index contributed by atoms with van der Waals surface area (Å²) in [6, 6.07) is 0. The van der Waals surface area contributed by atoms with E-state index < -0.39 is 26.4 Å². The smallest absolute Gasteiger partial charge is 0.741 e. The Morgan fingerprint density at radius 2 is 0.884 bits per heavy atom. The van der Waals surface area contributed by atoms with Crippen LogP contribution in [0.2, 0.25) is 0 Å². The average molecular weight is 722 g/mol. The molecular formula is C31H58F3NiO5PS2. The van der Waals surface area contributed by atoms with Crippen molar-refractivity contribution in [3.63, 3.8) is 0 Å². The summed E-state index contributed by atoms with van der Waals surface area (Å²) in [4.78, 5) is 0. The van der Waals surface area contributed by atoms with Crippen LogP contribution in [0.15, 0.2) is 0 Å². The maximum atomic E-state index is 10.7. The maximum absolute atomic E-state index is 10.7. The fourth-order valence-electron chi connectivity index (χ4n) is 3.50. The van der Waals surface area contributed by atoms with E-state index in [1.54, 1.807) is 12.5 Å². The average Bonchev–Trinajstić information content (AvgIpc) is 2.77. The molecule has 2 rings (SSSR count). The van der Waals surface area contributed by atoms with E-state index in [1.807, 2.05) is 0 Å². The van der Waals surface area contributed by atoms with Gasteiger partial charge in [0.2, 0.25) is 0 Å². The zero-order chi connectivity index (χ0) is 33.6. The molecule has 5 nitrogen and oxygen atoms in total. The number of alkyl halides is 3. The van der Waals surface area contributed by atoms with E-state index >= 15 is 0 Å². The molecule has 12 heteroatoms. The van der Waals surface area contributed by atoms with Crippen molar-refractivity contribution in [2.75, 3.05) is 19.1 Å². The van der Waals surface area contributed by atoms with Gasteiger partial charge in [-0.05, 0) is 120 Å². The standard InChI is InChI=1S/C9H21P.2C8H12.C3H7O.C2H6OS.CHF3O3S.Ni/c1-7(2)10(8(3)4)9(5)6;2*1-2-4-6-8-7-5-3-1;1-2-3-4;1-4(2)3;2-1(3,4)8(5,6)7;/h7-9H,1-6H3;2*1-2,7-8H,3-6H2;4H,1-3H2;1-2H3;(H,5,6,7);/q;;;-1;;;+2/p-1. The number of rotatable bonds is 4. The molecule has 0 aliphatic heterocycles. The first-order valence-electron chi connectivity index (χ1n) is 14.4. The number of hydrogen-bond donors (Lipinski definition) is 1. The minimum absolute atomic E-state index is 0. The van der Waals surface area contributed by atoms with Crippen LogP contribution in [0, 0.1) is 58.3 Å². The van der Waals surface area contributed by atoms with Crippen molar-refractivity contribution >= 4 is 28.8 Å². The van der Waals surface area contributed by atoms with Gasteiger partial charge in [0.1, 0.15) is 0 Å². The quantitative estimate of drug-likeness (QED) is 0.103. The van der Waals surface area contributed by atoms with Crippen LogP contribution in [0.1, 0.15) is 99.3 Å². The van der Waals surface area contributed by atoms with Crippen LogP contribution in [0.25, 0.3) is 0 Å². The van der Waals surface area contributed by atoms with Crippen LogP contribution in [0.4, 0.5) is 13.2 Å². The van der Waals surface area contributed by atoms with Gasteiger partial charge in [-0.3, -0.25) is 4.21 Å². The van der Waals surface area contributed by atoms with E-state index in [1.165, 1.54) is 51.4 Å². The summed E-state index contributed by atoms with van der Waals surface area (Å²) in [6.45, 7) is 17.7. The molecule has 8 radical (unpaired) electrons. The minimum Gasteiger partial charge on any atom is -0.741 e. The SMILES string of the molecule is CC(C)P(C(C)C)C(C)C.CS(C)=O.O=S(=O)([O-])C(F)(F)F.[CH2-]CCO.[CH]1[CH]CC[CH][CH]CC1.[CH]1[CH]CC[CH][CH]CC1.[Ni+2]. The molecule has 0 spiro atoms. The van der Waals surface area contributed by atoms with Crippen LogP contribution in [-0.2, 0) is 37.4 Å². The van der Waals surface area contributed by atoms with Gasteiger partial charge in [0.25, 0.3) is 0 Å². The predicted octanol–water partition coefficient (Wildman–Crippen LogP) is 8.70. The summed E-state index contributed by atoms with van der Waals surface area (Å²) in [5.41, 5.74) is -2.95. The monoisotopic (exact) mass is 720 g/mol. The Hall–Kier alpha value is 0.734. The molecule has 0 bridgehead atoms. The van der Waals surface area contributed by atoms with Crippen LogP contribution >= 0.6 is 7.92 Å². The summed E-state index contributed by atoms with van der Waals surface area (Å²) in [7, 11) is -6.44. The zero-order valence-electron chi connectivity index (χ0n) is 27.4. The molecule has 2 saturated carbocycles. The second-order valence-electron chi connectivity index (χ2n) is 10.1. The molecule has 0 aromatic rings. The fraction of sp³-hybridized carbons (Fsp3) is 0.710. The van der Waals surface area contributed by atoms with E-state index in [2.05, 4.69) is 99.8 Å². The molecule has 2 fully saturated rings. The van der Waals surface area contributed by atoms with Gasteiger partial charge >= 0.3 is 22.0 Å². The van der Waals surface area contributed by atoms with Crippen molar-refractivity contribution in [2.45, 2.75) is 122 Å². The van der Waals surface area contributed by atoms with Gasteiger partial charge in [-0.25, -0.2) is 8.42 Å². The molecule has 0 heterocycles. The molecule has 0 amide bonds. The van der Waals surface area contributed by atoms with E-state index in [-0.39, 0.29) is 31.0 Å². The second kappa shape index (κ2) is 35.6. The first-order valence-corrected chi connectivity index (χ1v) is 19.3. The van der Waals surface area contributed by atoms with Gasteiger partial charge in [0, 0.05) is 29.9 Å². The third kappa shape index (κ3) is 47.3. The first-order chi connectivity index (χ1) is 19.4. The van der Waals surface area contributed by atoms with Gasteiger partial charge in [-0.2, -0.15) is 19.6 Å². The molecule has 43 heavy (non-hydrogen) atoms. The molecule has 1 N–H and O–H groups in total. The van der Waals surface area contributed by atoms with Crippen molar-refractivity contribution in [1.29, 1.82) is 0 Å². The fourth-order valence-corrected chi connectivity index (χ4v) is 7.08. The number of halogens is 3. The summed E-state index contributed by atoms with van der Waals surface area (Å²) in [5.74, 6) is 0. The summed E-state index contributed by atoms with van der Waals surface area (Å²) < 4.78 is 68.5. The molecule has 2 aliphatic rings. The van der Waals surface area contributed by atoms with Gasteiger partial charge in [-0.1, -0.05) is 49.5 Å². The molecule has 2 aliphatic carbocycles. The Morgan fingerprint density at radius 1 is 0.744 bits per heavy atom. The van der Waals surface area contributed by atoms with Gasteiger partial charge in [-0.15, -0.1) is 0 Å². The Balaban J connectivity index is -0.000000137. The largest absolute Gasteiger partial charge is 2.00 e. The number of aliphatic hydroxyl groups is 1. The molecule has 0 atom stereocenters. The Labute approximate surface area is 279 Å². The summed E-state index contributed by atoms with van der Waals surface area (Å²) in [5, 5.41) is 7.81. The van der Waals surface area contributed by atoms with Gasteiger partial charge in [0.05, 0.1) is 0 Å². The van der Waals surface area contributed by atoms with Gasteiger partial charge < -0.3 is 16.6 Å². The van der Waals surface area contributed by atoms with E-state index in [0.717, 1.165) is 17.0 Å². The second-order valence-corrected chi connectivity index (χ2v) is 17.0. The number of aliphatic hydroxyl groups excluding tert-OH is 1. The van der Waals surface area contributed by atoms with Gasteiger partial charge in [0.15, 0.2) is 10.1 Å². The van der Waals surface area contributed by atoms with Crippen molar-refractivity contribution in [1.82, 2.24) is 0 Å². The van der Waals surface area contributed by atoms with E-state index in [0.29, 0.717) is 6.42 Å². The maximum Gasteiger partial charge on any atom is 2.00 e. The third-order valence-corrected chi connectivity index (χ3v) is 9.04. The molecular weight excluding hydrogens is 663 g/mol. The van der Waals surface area contributed by atoms with Crippen LogP contribution in [-0.4, -0.2) is 63.9 Å². The molecule has 260 valence electrons. The normalized spacial score (nSPS) is 16.0. The van der Waals surface area contributed by atoms with E-state index in [9.17, 15) is 17.4 Å². The predicted molar refractivity (Wildman–Crippen MR) is 176 cm³/mol. The molecule has 0 aromatic carbocycles. The van der Waals surface area contributed by atoms with E-state index in [4.69, 9.17) is 18.1 Å². The Bertz CT molecular complexity index is 592. The van der Waals surface area contributed by atoms with Crippen molar-refractivity contribution in [3.05, 3.63) is 58.3 Å². The third-order valence-electron chi connectivity index (χ3n) is 4.90. The number of hydrogen-bond acceptors (Lipinski definition) is 5. The molecule has 0 unspecified atom stereocenters. The Morgan fingerprint density at radius 3 is 0.930 bits per heavy atom. The zero-order valence-corrected chi connectivity index (χ0v) is 30.9. The summed E-state index contributed by atoms with van der Waals surface area (Å²) >= 11 is 0. The minimum atomic E-state index is -6.09. The summed E-state index contributed by atoms with van der Waals surface area (Å²) in [6.07, 6.45) is 31.9. The Kier molecular flexibility index (Phi) is 44.1. The van der Waals surface area contributed by atoms with Crippen LogP contribution in [0.5, 0.6) is 0 Å². The molecule has 0 saturated heterocycles. The molecule has 0 aromatic heterocycles.